The van der Waals surface area contributed by atoms with Crippen LogP contribution in [0.1, 0.15) is 23.3 Å². The summed E-state index contributed by atoms with van der Waals surface area (Å²) >= 11 is 0. The molecule has 2 heterocycles. The van der Waals surface area contributed by atoms with Crippen LogP contribution in [0, 0.1) is 0 Å². The molecule has 3 rings (SSSR count). The number of furan rings is 1. The normalized spacial score (nSPS) is 10.7. The number of benzene rings is 1. The van der Waals surface area contributed by atoms with Crippen molar-refractivity contribution in [2.75, 3.05) is 0 Å². The summed E-state index contributed by atoms with van der Waals surface area (Å²) in [5, 5.41) is 12.2. The van der Waals surface area contributed by atoms with Crippen molar-refractivity contribution in [3.8, 4) is 17.0 Å². The lowest BCUT2D eigenvalue weighted by atomic mass is 10.1. The molecule has 0 amide bonds. The highest BCUT2D eigenvalue weighted by molar-refractivity contribution is 5.72. The van der Waals surface area contributed by atoms with E-state index in [0.717, 1.165) is 17.7 Å². The molecule has 0 spiro atoms. The predicted molar refractivity (Wildman–Crippen MR) is 71.6 cm³/mol. The standard InChI is InChI=1S/C14H12N4O2/c1-2-14-15-17-18(16-14)11-5-3-10(4-6-11)13-8-7-12(9-19)20-13/h3-9H,2H2,1H3. The molecule has 0 aliphatic rings. The van der Waals surface area contributed by atoms with Crippen molar-refractivity contribution < 1.29 is 9.21 Å². The summed E-state index contributed by atoms with van der Waals surface area (Å²) in [7, 11) is 0. The quantitative estimate of drug-likeness (QED) is 0.679. The molecule has 100 valence electrons. The van der Waals surface area contributed by atoms with Gasteiger partial charge in [-0.25, -0.2) is 0 Å². The Labute approximate surface area is 115 Å². The fourth-order valence-electron chi connectivity index (χ4n) is 1.82. The Morgan fingerprint density at radius 2 is 2.00 bits per heavy atom. The van der Waals surface area contributed by atoms with Crippen LogP contribution in [0.5, 0.6) is 0 Å². The molecule has 3 aromatic rings. The first-order valence-corrected chi connectivity index (χ1v) is 6.25. The predicted octanol–water partition coefficient (Wildman–Crippen LogP) is 2.30. The molecule has 0 N–H and O–H groups in total. The van der Waals surface area contributed by atoms with Crippen LogP contribution in [0.15, 0.2) is 40.8 Å². The van der Waals surface area contributed by atoms with Gasteiger partial charge >= 0.3 is 0 Å². The van der Waals surface area contributed by atoms with Gasteiger partial charge in [0.15, 0.2) is 17.9 Å². The van der Waals surface area contributed by atoms with Gasteiger partial charge in [0, 0.05) is 12.0 Å². The van der Waals surface area contributed by atoms with Gasteiger partial charge in [-0.3, -0.25) is 4.79 Å². The summed E-state index contributed by atoms with van der Waals surface area (Å²) in [5.74, 6) is 1.67. The lowest BCUT2D eigenvalue weighted by Crippen LogP contribution is -1.98. The van der Waals surface area contributed by atoms with Crippen molar-refractivity contribution in [3.05, 3.63) is 48.0 Å². The lowest BCUT2D eigenvalue weighted by molar-refractivity contribution is 0.110. The Bertz CT molecular complexity index is 728. The summed E-state index contributed by atoms with van der Waals surface area (Å²) in [6.45, 7) is 1.98. The zero-order valence-corrected chi connectivity index (χ0v) is 10.9. The molecule has 20 heavy (non-hydrogen) atoms. The Morgan fingerprint density at radius 1 is 1.20 bits per heavy atom. The number of aryl methyl sites for hydroxylation is 1. The molecule has 6 nitrogen and oxygen atoms in total. The third-order valence-electron chi connectivity index (χ3n) is 2.90. The first-order valence-electron chi connectivity index (χ1n) is 6.25. The van der Waals surface area contributed by atoms with E-state index in [4.69, 9.17) is 4.42 Å². The third-order valence-corrected chi connectivity index (χ3v) is 2.90. The molecule has 0 saturated carbocycles. The summed E-state index contributed by atoms with van der Waals surface area (Å²) < 4.78 is 5.37. The van der Waals surface area contributed by atoms with Crippen molar-refractivity contribution in [1.29, 1.82) is 0 Å². The highest BCUT2D eigenvalue weighted by atomic mass is 16.3. The Hall–Kier alpha value is -2.76. The Kier molecular flexibility index (Phi) is 3.12. The van der Waals surface area contributed by atoms with Gasteiger partial charge in [-0.1, -0.05) is 6.92 Å². The average molecular weight is 268 g/mol. The number of carbonyl (C=O) groups is 1. The molecule has 1 aromatic carbocycles. The number of hydrogen-bond donors (Lipinski definition) is 0. The molecule has 6 heteroatoms. The molecule has 0 saturated heterocycles. The van der Waals surface area contributed by atoms with E-state index in [0.29, 0.717) is 23.6 Å². The molecule has 0 atom stereocenters. The molecule has 0 aliphatic carbocycles. The molecule has 0 unspecified atom stereocenters. The van der Waals surface area contributed by atoms with E-state index in [1.807, 2.05) is 31.2 Å². The number of carbonyl (C=O) groups excluding carboxylic acids is 1. The topological polar surface area (TPSA) is 73.8 Å². The van der Waals surface area contributed by atoms with E-state index in [1.54, 1.807) is 12.1 Å². The van der Waals surface area contributed by atoms with Crippen molar-refractivity contribution in [3.63, 3.8) is 0 Å². The Balaban J connectivity index is 1.88. The molecular formula is C14H12N4O2. The fraction of sp³-hybridized carbons (Fsp3) is 0.143. The lowest BCUT2D eigenvalue weighted by Gasteiger charge is -2.00. The summed E-state index contributed by atoms with van der Waals surface area (Å²) in [5.41, 5.74) is 1.71. The van der Waals surface area contributed by atoms with Gasteiger partial charge in [-0.15, -0.1) is 15.0 Å². The van der Waals surface area contributed by atoms with Crippen molar-refractivity contribution in [1.82, 2.24) is 20.2 Å². The maximum Gasteiger partial charge on any atom is 0.185 e. The molecule has 2 aromatic heterocycles. The van der Waals surface area contributed by atoms with Gasteiger partial charge < -0.3 is 4.42 Å². The van der Waals surface area contributed by atoms with Gasteiger partial charge in [-0.2, -0.15) is 0 Å². The molecule has 0 radical (unpaired) electrons. The van der Waals surface area contributed by atoms with E-state index in [9.17, 15) is 4.79 Å². The van der Waals surface area contributed by atoms with Gasteiger partial charge in [0.1, 0.15) is 5.76 Å². The minimum Gasteiger partial charge on any atom is -0.453 e. The SMILES string of the molecule is CCc1nnn(-c2ccc(-c3ccc(C=O)o3)cc2)n1. The van der Waals surface area contributed by atoms with E-state index >= 15 is 0 Å². The average Bonchev–Trinajstić information content (AvgIpc) is 3.16. The van der Waals surface area contributed by atoms with Crippen LogP contribution in [0.25, 0.3) is 17.0 Å². The monoisotopic (exact) mass is 268 g/mol. The number of tetrazole rings is 1. The molecule has 0 bridgehead atoms. The smallest absolute Gasteiger partial charge is 0.185 e. The minimum atomic E-state index is 0.314. The number of hydrogen-bond acceptors (Lipinski definition) is 5. The summed E-state index contributed by atoms with van der Waals surface area (Å²) in [4.78, 5) is 12.1. The van der Waals surface area contributed by atoms with Crippen LogP contribution in [-0.4, -0.2) is 26.5 Å². The Morgan fingerprint density at radius 3 is 2.60 bits per heavy atom. The first kappa shape index (κ1) is 12.3. The van der Waals surface area contributed by atoms with Crippen LogP contribution < -0.4 is 0 Å². The van der Waals surface area contributed by atoms with Crippen LogP contribution >= 0.6 is 0 Å². The van der Waals surface area contributed by atoms with Crippen molar-refractivity contribution >= 4 is 6.29 Å². The summed E-state index contributed by atoms with van der Waals surface area (Å²) in [6, 6.07) is 10.9. The van der Waals surface area contributed by atoms with E-state index in [1.165, 1.54) is 4.80 Å². The van der Waals surface area contributed by atoms with Crippen LogP contribution in [0.2, 0.25) is 0 Å². The van der Waals surface area contributed by atoms with E-state index in [2.05, 4.69) is 15.4 Å². The van der Waals surface area contributed by atoms with Gasteiger partial charge in [-0.05, 0) is 41.6 Å². The van der Waals surface area contributed by atoms with Crippen LogP contribution in [-0.2, 0) is 6.42 Å². The second-order valence-electron chi connectivity index (χ2n) is 4.22. The highest BCUT2D eigenvalue weighted by Crippen LogP contribution is 2.22. The third kappa shape index (κ3) is 2.23. The van der Waals surface area contributed by atoms with Crippen molar-refractivity contribution in [2.45, 2.75) is 13.3 Å². The van der Waals surface area contributed by atoms with E-state index in [-0.39, 0.29) is 0 Å². The fourth-order valence-corrected chi connectivity index (χ4v) is 1.82. The highest BCUT2D eigenvalue weighted by Gasteiger charge is 2.06. The number of aldehydes is 1. The minimum absolute atomic E-state index is 0.314. The zero-order valence-electron chi connectivity index (χ0n) is 10.9. The molecule has 0 aliphatic heterocycles. The van der Waals surface area contributed by atoms with Crippen LogP contribution in [0.4, 0.5) is 0 Å². The second-order valence-corrected chi connectivity index (χ2v) is 4.22. The maximum absolute atomic E-state index is 10.6. The van der Waals surface area contributed by atoms with Gasteiger partial charge in [0.25, 0.3) is 0 Å². The first-order chi connectivity index (χ1) is 9.80. The molecular weight excluding hydrogens is 256 g/mol. The largest absolute Gasteiger partial charge is 0.453 e. The van der Waals surface area contributed by atoms with Crippen LogP contribution in [0.3, 0.4) is 0 Å². The second kappa shape index (κ2) is 5.08. The van der Waals surface area contributed by atoms with Gasteiger partial charge in [0.2, 0.25) is 0 Å². The molecule has 0 fully saturated rings. The van der Waals surface area contributed by atoms with Crippen molar-refractivity contribution in [2.24, 2.45) is 0 Å². The maximum atomic E-state index is 10.6. The van der Waals surface area contributed by atoms with E-state index < -0.39 is 0 Å². The zero-order chi connectivity index (χ0) is 13.9. The number of aromatic nitrogens is 4. The summed E-state index contributed by atoms with van der Waals surface area (Å²) in [6.07, 6.45) is 1.43. The van der Waals surface area contributed by atoms with Gasteiger partial charge in [0.05, 0.1) is 5.69 Å². The number of rotatable bonds is 4. The number of nitrogens with zero attached hydrogens (tertiary/aromatic N) is 4.